The summed E-state index contributed by atoms with van der Waals surface area (Å²) < 4.78 is 4.63. The molecule has 132 valence electrons. The molecule has 0 saturated carbocycles. The Morgan fingerprint density at radius 3 is 2.23 bits per heavy atom. The molecule has 0 unspecified atom stereocenters. The average Bonchev–Trinajstić information content (AvgIpc) is 2.66. The lowest BCUT2D eigenvalue weighted by molar-refractivity contribution is -0.116. The lowest BCUT2D eigenvalue weighted by Gasteiger charge is -2.01. The average molecular weight is 351 g/mol. The number of benzene rings is 2. The van der Waals surface area contributed by atoms with Crippen molar-refractivity contribution >= 4 is 29.8 Å². The quantitative estimate of drug-likeness (QED) is 0.360. The molecule has 3 N–H and O–H groups in total. The van der Waals surface area contributed by atoms with Gasteiger partial charge in [0.05, 0.1) is 12.7 Å². The molecule has 1 amide bonds. The van der Waals surface area contributed by atoms with Crippen LogP contribution in [0.4, 0.5) is 0 Å². The Hall–Kier alpha value is -3.67. The summed E-state index contributed by atoms with van der Waals surface area (Å²) >= 11 is 0. The number of carbonyl (C=O) groups excluding carboxylic acids is 3. The van der Waals surface area contributed by atoms with Crippen LogP contribution in [-0.2, 0) is 9.53 Å². The number of esters is 1. The van der Waals surface area contributed by atoms with Gasteiger partial charge in [-0.1, -0.05) is 42.5 Å². The molecule has 0 aliphatic carbocycles. The first kappa shape index (κ1) is 18.7. The van der Waals surface area contributed by atoms with E-state index >= 15 is 0 Å². The summed E-state index contributed by atoms with van der Waals surface area (Å²) in [6.45, 7) is 0. The number of aliphatic hydroxyl groups excluding tert-OH is 1. The van der Waals surface area contributed by atoms with Crippen molar-refractivity contribution in [2.24, 2.45) is 5.73 Å². The summed E-state index contributed by atoms with van der Waals surface area (Å²) in [4.78, 5) is 34.5. The normalized spacial score (nSPS) is 11.3. The highest BCUT2D eigenvalue weighted by Gasteiger charge is 2.08. The van der Waals surface area contributed by atoms with E-state index in [0.29, 0.717) is 16.7 Å². The molecule has 0 aliphatic heterocycles. The summed E-state index contributed by atoms with van der Waals surface area (Å²) in [5.41, 5.74) is 6.97. The number of ether oxygens (including phenoxy) is 1. The largest absolute Gasteiger partial charge is 0.503 e. The Morgan fingerprint density at radius 2 is 1.62 bits per heavy atom. The van der Waals surface area contributed by atoms with E-state index in [2.05, 4.69) is 4.74 Å². The molecule has 2 aromatic carbocycles. The van der Waals surface area contributed by atoms with E-state index in [1.54, 1.807) is 48.5 Å². The number of primary amides is 1. The molecule has 0 aromatic heterocycles. The van der Waals surface area contributed by atoms with Crippen LogP contribution in [-0.4, -0.2) is 29.9 Å². The minimum atomic E-state index is -0.909. The number of aliphatic hydroxyl groups is 1. The predicted molar refractivity (Wildman–Crippen MR) is 97.4 cm³/mol. The molecule has 0 aliphatic rings. The molecular weight excluding hydrogens is 334 g/mol. The van der Waals surface area contributed by atoms with Crippen LogP contribution in [0.5, 0.6) is 0 Å². The fourth-order valence-electron chi connectivity index (χ4n) is 2.12. The number of rotatable bonds is 6. The van der Waals surface area contributed by atoms with Gasteiger partial charge in [-0.15, -0.1) is 0 Å². The maximum Gasteiger partial charge on any atom is 0.337 e. The number of amides is 1. The zero-order chi connectivity index (χ0) is 19.1. The SMILES string of the molecule is COC(=O)c1cccc(C(=O)C=Cc2ccc(C=C(O)C(N)=O)cc2)c1. The lowest BCUT2D eigenvalue weighted by atomic mass is 10.1. The molecule has 2 rings (SSSR count). The number of hydrogen-bond acceptors (Lipinski definition) is 5. The Bertz CT molecular complexity index is 895. The second kappa shape index (κ2) is 8.43. The van der Waals surface area contributed by atoms with Crippen molar-refractivity contribution in [2.45, 2.75) is 0 Å². The van der Waals surface area contributed by atoms with Crippen molar-refractivity contribution in [3.8, 4) is 0 Å². The zero-order valence-electron chi connectivity index (χ0n) is 14.0. The third kappa shape index (κ3) is 4.91. The minimum absolute atomic E-state index is 0.258. The van der Waals surface area contributed by atoms with Crippen molar-refractivity contribution in [1.82, 2.24) is 0 Å². The third-order valence-corrected chi connectivity index (χ3v) is 3.49. The Morgan fingerprint density at radius 1 is 1.00 bits per heavy atom. The smallest absolute Gasteiger partial charge is 0.337 e. The Balaban J connectivity index is 2.12. The molecule has 6 nitrogen and oxygen atoms in total. The van der Waals surface area contributed by atoms with E-state index in [9.17, 15) is 19.5 Å². The van der Waals surface area contributed by atoms with Gasteiger partial charge >= 0.3 is 5.97 Å². The first-order chi connectivity index (χ1) is 12.4. The summed E-state index contributed by atoms with van der Waals surface area (Å²) in [6, 6.07) is 13.0. The van der Waals surface area contributed by atoms with E-state index in [1.807, 2.05) is 0 Å². The molecular formula is C20H17NO5. The van der Waals surface area contributed by atoms with E-state index in [-0.39, 0.29) is 5.78 Å². The molecule has 0 radical (unpaired) electrons. The molecule has 6 heteroatoms. The molecule has 0 spiro atoms. The van der Waals surface area contributed by atoms with E-state index in [4.69, 9.17) is 5.73 Å². The molecule has 26 heavy (non-hydrogen) atoms. The van der Waals surface area contributed by atoms with Gasteiger partial charge in [-0.05, 0) is 35.4 Å². The van der Waals surface area contributed by atoms with Gasteiger partial charge in [-0.3, -0.25) is 9.59 Å². The predicted octanol–water partition coefficient (Wildman–Crippen LogP) is 2.75. The molecule has 0 saturated heterocycles. The minimum Gasteiger partial charge on any atom is -0.503 e. The lowest BCUT2D eigenvalue weighted by Crippen LogP contribution is -2.12. The van der Waals surface area contributed by atoms with Gasteiger partial charge in [0.25, 0.3) is 5.91 Å². The molecule has 2 aromatic rings. The fourth-order valence-corrected chi connectivity index (χ4v) is 2.12. The first-order valence-electron chi connectivity index (χ1n) is 7.62. The van der Waals surface area contributed by atoms with Gasteiger partial charge in [-0.2, -0.15) is 0 Å². The molecule has 0 fully saturated rings. The van der Waals surface area contributed by atoms with Crippen molar-refractivity contribution in [2.75, 3.05) is 7.11 Å². The van der Waals surface area contributed by atoms with Crippen molar-refractivity contribution in [3.63, 3.8) is 0 Å². The summed E-state index contributed by atoms with van der Waals surface area (Å²) in [5, 5.41) is 9.33. The molecule has 0 atom stereocenters. The number of allylic oxidation sites excluding steroid dienone is 1. The van der Waals surface area contributed by atoms with E-state index in [1.165, 1.54) is 25.3 Å². The second-order valence-corrected chi connectivity index (χ2v) is 5.33. The van der Waals surface area contributed by atoms with E-state index < -0.39 is 17.6 Å². The van der Waals surface area contributed by atoms with Gasteiger partial charge in [0, 0.05) is 5.56 Å². The number of carbonyl (C=O) groups is 3. The van der Waals surface area contributed by atoms with Gasteiger partial charge in [0.15, 0.2) is 11.5 Å². The highest BCUT2D eigenvalue weighted by Crippen LogP contribution is 2.12. The highest BCUT2D eigenvalue weighted by molar-refractivity contribution is 6.08. The van der Waals surface area contributed by atoms with Crippen LogP contribution in [0.25, 0.3) is 12.2 Å². The Labute approximate surface area is 150 Å². The van der Waals surface area contributed by atoms with Gasteiger partial charge in [-0.25, -0.2) is 4.79 Å². The van der Waals surface area contributed by atoms with Crippen LogP contribution >= 0.6 is 0 Å². The van der Waals surface area contributed by atoms with Crippen LogP contribution in [0.2, 0.25) is 0 Å². The third-order valence-electron chi connectivity index (χ3n) is 3.49. The van der Waals surface area contributed by atoms with Gasteiger partial charge in [0.2, 0.25) is 0 Å². The maximum absolute atomic E-state index is 12.2. The van der Waals surface area contributed by atoms with Crippen LogP contribution in [0.3, 0.4) is 0 Å². The van der Waals surface area contributed by atoms with Crippen LogP contribution in [0.1, 0.15) is 31.8 Å². The Kier molecular flexibility index (Phi) is 6.06. The standard InChI is InChI=1S/C20H17NO5/c1-26-20(25)16-4-2-3-15(12-16)17(22)10-9-13-5-7-14(8-6-13)11-18(23)19(21)24/h2-12,23H,1H3,(H2,21,24). The van der Waals surface area contributed by atoms with Crippen molar-refractivity contribution in [3.05, 3.63) is 82.6 Å². The van der Waals surface area contributed by atoms with Crippen molar-refractivity contribution in [1.29, 1.82) is 0 Å². The van der Waals surface area contributed by atoms with E-state index in [0.717, 1.165) is 5.56 Å². The van der Waals surface area contributed by atoms with Gasteiger partial charge in [0.1, 0.15) is 0 Å². The van der Waals surface area contributed by atoms with Crippen LogP contribution < -0.4 is 5.73 Å². The van der Waals surface area contributed by atoms with Crippen LogP contribution in [0.15, 0.2) is 60.4 Å². The second-order valence-electron chi connectivity index (χ2n) is 5.33. The topological polar surface area (TPSA) is 107 Å². The number of methoxy groups -OCH3 is 1. The van der Waals surface area contributed by atoms with Crippen LogP contribution in [0, 0.1) is 0 Å². The maximum atomic E-state index is 12.2. The van der Waals surface area contributed by atoms with Crippen molar-refractivity contribution < 1.29 is 24.2 Å². The molecule has 0 heterocycles. The monoisotopic (exact) mass is 351 g/mol. The summed E-state index contributed by atoms with van der Waals surface area (Å²) in [7, 11) is 1.28. The number of hydrogen-bond donors (Lipinski definition) is 2. The van der Waals surface area contributed by atoms with Gasteiger partial charge < -0.3 is 15.6 Å². The zero-order valence-corrected chi connectivity index (χ0v) is 14.0. The number of nitrogens with two attached hydrogens (primary N) is 1. The summed E-state index contributed by atoms with van der Waals surface area (Å²) in [6.07, 6.45) is 4.26. The number of ketones is 1. The molecule has 0 bridgehead atoms. The summed E-state index contributed by atoms with van der Waals surface area (Å²) in [5.74, 6) is -2.21. The fraction of sp³-hybridized carbons (Fsp3) is 0.0500. The highest BCUT2D eigenvalue weighted by atomic mass is 16.5. The first-order valence-corrected chi connectivity index (χ1v) is 7.62.